The summed E-state index contributed by atoms with van der Waals surface area (Å²) >= 11 is 0. The van der Waals surface area contributed by atoms with Crippen LogP contribution in [-0.4, -0.2) is 59.6 Å². The third-order valence-corrected chi connectivity index (χ3v) is 15.8. The van der Waals surface area contributed by atoms with Crippen molar-refractivity contribution >= 4 is 24.0 Å². The number of carbonyl (C=O) groups excluding carboxylic acids is 3. The van der Waals surface area contributed by atoms with Gasteiger partial charge in [-0.2, -0.15) is 0 Å². The normalized spacial score (nSPS) is 43.9. The number of esters is 3. The van der Waals surface area contributed by atoms with Crippen molar-refractivity contribution in [1.29, 1.82) is 0 Å². The van der Waals surface area contributed by atoms with Crippen LogP contribution in [-0.2, 0) is 33.3 Å². The zero-order valence-corrected chi connectivity index (χ0v) is 32.0. The van der Waals surface area contributed by atoms with Crippen molar-refractivity contribution in [3.63, 3.8) is 0 Å². The van der Waals surface area contributed by atoms with Gasteiger partial charge >= 0.3 is 17.9 Å². The molecule has 7 rings (SSSR count). The highest BCUT2D eigenvalue weighted by atomic mass is 16.6. The van der Waals surface area contributed by atoms with E-state index in [2.05, 4.69) is 27.7 Å². The van der Waals surface area contributed by atoms with E-state index in [9.17, 15) is 19.5 Å². The molecule has 6 fully saturated rings. The Balaban J connectivity index is 1.15. The summed E-state index contributed by atoms with van der Waals surface area (Å²) in [6.45, 7) is 16.5. The van der Waals surface area contributed by atoms with Crippen LogP contribution in [0.3, 0.4) is 0 Å². The molecule has 1 heterocycles. The van der Waals surface area contributed by atoms with E-state index in [1.54, 1.807) is 26.8 Å². The minimum Gasteiger partial charge on any atom is -0.462 e. The van der Waals surface area contributed by atoms with Crippen molar-refractivity contribution in [2.45, 2.75) is 143 Å². The number of hydrogen-bond donors (Lipinski definition) is 1. The van der Waals surface area contributed by atoms with Crippen LogP contribution in [0.2, 0.25) is 0 Å². The van der Waals surface area contributed by atoms with E-state index < -0.39 is 17.8 Å². The maximum Gasteiger partial charge on any atom is 0.331 e. The Labute approximate surface area is 304 Å². The van der Waals surface area contributed by atoms with Gasteiger partial charge in [0, 0.05) is 30.8 Å². The summed E-state index contributed by atoms with van der Waals surface area (Å²) in [5, 5.41) is 10.9. The Kier molecular flexibility index (Phi) is 8.93. The lowest BCUT2D eigenvalue weighted by atomic mass is 9.37. The maximum atomic E-state index is 13.1. The van der Waals surface area contributed by atoms with Crippen molar-refractivity contribution in [1.82, 2.24) is 0 Å². The van der Waals surface area contributed by atoms with Crippen LogP contribution in [0.5, 0.6) is 0 Å². The van der Waals surface area contributed by atoms with E-state index in [-0.39, 0.29) is 69.0 Å². The molecule has 5 saturated carbocycles. The Morgan fingerprint density at radius 3 is 2.24 bits per heavy atom. The summed E-state index contributed by atoms with van der Waals surface area (Å²) < 4.78 is 24.9. The van der Waals surface area contributed by atoms with Crippen LogP contribution >= 0.6 is 0 Å². The van der Waals surface area contributed by atoms with Gasteiger partial charge in [-0.25, -0.2) is 4.79 Å². The lowest BCUT2D eigenvalue weighted by Crippen LogP contribution is -2.67. The summed E-state index contributed by atoms with van der Waals surface area (Å²) in [4.78, 5) is 38.2. The number of aliphatic hydroxyl groups is 1. The van der Waals surface area contributed by atoms with Crippen molar-refractivity contribution in [3.05, 3.63) is 42.0 Å². The van der Waals surface area contributed by atoms with Gasteiger partial charge in [0.15, 0.2) is 0 Å². The highest BCUT2D eigenvalue weighted by molar-refractivity contribution is 5.87. The molecule has 0 spiro atoms. The second kappa shape index (κ2) is 12.4. The van der Waals surface area contributed by atoms with Gasteiger partial charge in [-0.3, -0.25) is 9.59 Å². The average molecular weight is 705 g/mol. The van der Waals surface area contributed by atoms with Gasteiger partial charge < -0.3 is 24.1 Å². The van der Waals surface area contributed by atoms with Crippen molar-refractivity contribution in [2.24, 2.45) is 50.7 Å². The zero-order chi connectivity index (χ0) is 36.8. The standard InChI is InChI=1S/C43H60O8/c1-26(44)49-31-22-29(24-48-37(31)39(5,6)47)30-16-21-43-25-42(30,43)20-17-32-40(7)19-18-34(51-36(46)15-14-28-12-10-9-11-13-28)38(3,4)33(40)23-35(41(32,43)8)50-27(2)45/h9-15,29-35,37,47H,16-25H2,1-8H3. The van der Waals surface area contributed by atoms with Crippen LogP contribution in [0, 0.1) is 50.7 Å². The van der Waals surface area contributed by atoms with Gasteiger partial charge in [-0.15, -0.1) is 0 Å². The first-order valence-electron chi connectivity index (χ1n) is 19.5. The first kappa shape index (κ1) is 36.6. The first-order chi connectivity index (χ1) is 23.9. The molecule has 0 bridgehead atoms. The van der Waals surface area contributed by atoms with Crippen LogP contribution in [0.15, 0.2) is 36.4 Å². The molecule has 1 aromatic carbocycles. The highest BCUT2D eigenvalue weighted by Gasteiger charge is 2.86. The molecule has 8 heteroatoms. The fraction of sp³-hybridized carbons (Fsp3) is 0.744. The second-order valence-corrected chi connectivity index (χ2v) is 18.9. The first-order valence-corrected chi connectivity index (χ1v) is 19.5. The predicted octanol–water partition coefficient (Wildman–Crippen LogP) is 7.70. The van der Waals surface area contributed by atoms with Crippen molar-refractivity contribution in [3.8, 4) is 0 Å². The molecule has 1 saturated heterocycles. The maximum absolute atomic E-state index is 13.1. The summed E-state index contributed by atoms with van der Waals surface area (Å²) in [5.74, 6) is 0.357. The van der Waals surface area contributed by atoms with Crippen LogP contribution in [0.4, 0.5) is 0 Å². The number of ether oxygens (including phenoxy) is 4. The number of fused-ring (bicyclic) bond motifs is 3. The smallest absolute Gasteiger partial charge is 0.331 e. The molecule has 1 N–H and O–H groups in total. The lowest BCUT2D eigenvalue weighted by Gasteiger charge is -2.68. The number of benzene rings is 1. The third kappa shape index (κ3) is 5.63. The SMILES string of the molecule is CC(=O)OC1CC(C2CCC34CC23CCC2C3(C)CCC(OC(=O)C=Cc5ccccc5)C(C)(C)C3CC(OC(C)=O)C24C)COC1C(C)(C)O. The summed E-state index contributed by atoms with van der Waals surface area (Å²) in [7, 11) is 0. The number of hydrogen-bond acceptors (Lipinski definition) is 8. The van der Waals surface area contributed by atoms with Crippen LogP contribution < -0.4 is 0 Å². The van der Waals surface area contributed by atoms with Crippen molar-refractivity contribution < 1.29 is 38.4 Å². The molecular weight excluding hydrogens is 644 g/mol. The Morgan fingerprint density at radius 2 is 1.57 bits per heavy atom. The van der Waals surface area contributed by atoms with E-state index in [0.29, 0.717) is 24.9 Å². The predicted molar refractivity (Wildman–Crippen MR) is 193 cm³/mol. The third-order valence-electron chi connectivity index (χ3n) is 15.8. The Hall–Kier alpha value is -2.71. The Bertz CT molecular complexity index is 1560. The molecule has 51 heavy (non-hydrogen) atoms. The van der Waals surface area contributed by atoms with Crippen LogP contribution in [0.25, 0.3) is 6.08 Å². The molecule has 0 radical (unpaired) electrons. The van der Waals surface area contributed by atoms with Gasteiger partial charge in [0.05, 0.1) is 12.2 Å². The zero-order valence-electron chi connectivity index (χ0n) is 32.0. The van der Waals surface area contributed by atoms with Gasteiger partial charge in [-0.05, 0) is 123 Å². The van der Waals surface area contributed by atoms with E-state index in [0.717, 1.165) is 56.9 Å². The van der Waals surface area contributed by atoms with Crippen molar-refractivity contribution in [2.75, 3.05) is 6.61 Å². The minimum atomic E-state index is -1.12. The van der Waals surface area contributed by atoms with Gasteiger partial charge in [0.25, 0.3) is 0 Å². The van der Waals surface area contributed by atoms with Gasteiger partial charge in [-0.1, -0.05) is 58.0 Å². The fourth-order valence-electron chi connectivity index (χ4n) is 13.9. The van der Waals surface area contributed by atoms with E-state index in [1.165, 1.54) is 6.92 Å². The highest BCUT2D eigenvalue weighted by Crippen LogP contribution is 2.91. The molecule has 6 aliphatic rings. The van der Waals surface area contributed by atoms with Gasteiger partial charge in [0.2, 0.25) is 0 Å². The molecular formula is C43H60O8. The van der Waals surface area contributed by atoms with E-state index >= 15 is 0 Å². The Morgan fingerprint density at radius 1 is 0.863 bits per heavy atom. The number of carbonyl (C=O) groups is 3. The monoisotopic (exact) mass is 704 g/mol. The summed E-state index contributed by atoms with van der Waals surface area (Å²) in [6, 6.07) is 9.79. The lowest BCUT2D eigenvalue weighted by molar-refractivity contribution is -0.252. The van der Waals surface area contributed by atoms with Gasteiger partial charge in [0.1, 0.15) is 24.4 Å². The van der Waals surface area contributed by atoms with E-state index in [4.69, 9.17) is 18.9 Å². The topological polar surface area (TPSA) is 108 Å². The molecule has 5 aliphatic carbocycles. The quantitative estimate of drug-likeness (QED) is 0.175. The second-order valence-electron chi connectivity index (χ2n) is 18.9. The fourth-order valence-corrected chi connectivity index (χ4v) is 13.9. The number of rotatable bonds is 7. The minimum absolute atomic E-state index is 0.00751. The molecule has 0 amide bonds. The average Bonchev–Trinajstić information content (AvgIpc) is 3.62. The van der Waals surface area contributed by atoms with E-state index in [1.807, 2.05) is 36.4 Å². The molecule has 12 atom stereocenters. The summed E-state index contributed by atoms with van der Waals surface area (Å²) in [6.07, 6.45) is 10.6. The molecule has 1 aromatic rings. The molecule has 0 aromatic heterocycles. The molecule has 8 nitrogen and oxygen atoms in total. The molecule has 12 unspecified atom stereocenters. The molecule has 1 aliphatic heterocycles. The molecule has 280 valence electrons. The van der Waals surface area contributed by atoms with Crippen LogP contribution in [0.1, 0.15) is 119 Å². The summed E-state index contributed by atoms with van der Waals surface area (Å²) in [5.41, 5.74) is -0.433. The largest absolute Gasteiger partial charge is 0.462 e.